The molecule has 1 saturated heterocycles. The van der Waals surface area contributed by atoms with Crippen LogP contribution in [0.2, 0.25) is 0 Å². The summed E-state index contributed by atoms with van der Waals surface area (Å²) >= 11 is 1.12. The number of rotatable bonds is 11. The second kappa shape index (κ2) is 12.7. The van der Waals surface area contributed by atoms with E-state index >= 15 is 0 Å². The summed E-state index contributed by atoms with van der Waals surface area (Å²) in [5.41, 5.74) is 7.49. The smallest absolute Gasteiger partial charge is 0.255 e. The summed E-state index contributed by atoms with van der Waals surface area (Å²) in [5.74, 6) is -1.68. The lowest BCUT2D eigenvalue weighted by Crippen LogP contribution is -2.51. The van der Waals surface area contributed by atoms with Crippen LogP contribution in [0.3, 0.4) is 0 Å². The van der Waals surface area contributed by atoms with Crippen LogP contribution in [0, 0.1) is 0 Å². The number of hydrogen-bond donors (Lipinski definition) is 5. The second-order valence-corrected chi connectivity index (χ2v) is 11.8. The Morgan fingerprint density at radius 3 is 2.61 bits per heavy atom. The molecule has 0 bridgehead atoms. The first-order valence-electron chi connectivity index (χ1n) is 12.0. The average Bonchev–Trinajstić information content (AvgIpc) is 3.56. The van der Waals surface area contributed by atoms with E-state index in [1.54, 1.807) is 36.7 Å². The van der Waals surface area contributed by atoms with Crippen molar-refractivity contribution >= 4 is 44.0 Å². The highest BCUT2D eigenvalue weighted by molar-refractivity contribution is 7.92. The Bertz CT molecular complexity index is 1250. The van der Waals surface area contributed by atoms with Crippen molar-refractivity contribution in [1.82, 2.24) is 15.2 Å². The first-order valence-corrected chi connectivity index (χ1v) is 14.7. The van der Waals surface area contributed by atoms with Crippen LogP contribution in [-0.2, 0) is 19.6 Å². The van der Waals surface area contributed by atoms with Gasteiger partial charge in [0.1, 0.15) is 0 Å². The molecule has 0 saturated carbocycles. The molecule has 1 aromatic carbocycles. The molecule has 1 aliphatic heterocycles. The Morgan fingerprint density at radius 2 is 1.97 bits per heavy atom. The largest absolute Gasteiger partial charge is 0.380 e. The number of nitrogens with zero attached hydrogens (tertiary/aromatic N) is 3. The fraction of sp³-hybridized carbons (Fsp3) is 0.458. The molecule has 4 atom stereocenters. The number of nitrogens with one attached hydrogen (secondary N) is 2. The van der Waals surface area contributed by atoms with Gasteiger partial charge in [-0.05, 0) is 43.7 Å². The third-order valence-electron chi connectivity index (χ3n) is 6.25. The van der Waals surface area contributed by atoms with Gasteiger partial charge in [-0.1, -0.05) is 18.2 Å². The number of hydrogen-bond acceptors (Lipinski definition) is 10. The van der Waals surface area contributed by atoms with Gasteiger partial charge in [0.25, 0.3) is 11.8 Å². The van der Waals surface area contributed by atoms with E-state index < -0.39 is 46.1 Å². The van der Waals surface area contributed by atoms with Gasteiger partial charge < -0.3 is 31.5 Å². The van der Waals surface area contributed by atoms with Crippen molar-refractivity contribution < 1.29 is 28.2 Å². The first kappa shape index (κ1) is 29.5. The van der Waals surface area contributed by atoms with Crippen LogP contribution in [-0.4, -0.2) is 78.9 Å². The average molecular weight is 567 g/mol. The van der Waals surface area contributed by atoms with Gasteiger partial charge in [0.2, 0.25) is 10.0 Å². The molecule has 0 spiro atoms. The van der Waals surface area contributed by atoms with Gasteiger partial charge in [-0.2, -0.15) is 0 Å². The van der Waals surface area contributed by atoms with Crippen molar-refractivity contribution in [2.75, 3.05) is 36.0 Å². The minimum Gasteiger partial charge on any atom is -0.380 e. The highest BCUT2D eigenvalue weighted by atomic mass is 32.2. The number of sulfonamides is 1. The summed E-state index contributed by atoms with van der Waals surface area (Å²) in [5, 5.41) is 28.7. The fourth-order valence-corrected chi connectivity index (χ4v) is 5.58. The van der Waals surface area contributed by atoms with Gasteiger partial charge >= 0.3 is 0 Å². The zero-order chi connectivity index (χ0) is 28.0. The molecule has 1 aromatic heterocycles. The molecule has 0 unspecified atom stereocenters. The van der Waals surface area contributed by atoms with Crippen molar-refractivity contribution in [3.63, 3.8) is 0 Å². The molecule has 1 aliphatic rings. The molecule has 2 aromatic rings. The number of benzene rings is 1. The molecule has 2 amide bonds. The number of nitrogens with two attached hydrogens (primary N) is 1. The predicted molar refractivity (Wildman–Crippen MR) is 146 cm³/mol. The molecule has 2 heterocycles. The van der Waals surface area contributed by atoms with E-state index in [1.165, 1.54) is 11.9 Å². The monoisotopic (exact) mass is 566 g/mol. The van der Waals surface area contributed by atoms with Crippen LogP contribution in [0.15, 0.2) is 41.9 Å². The molecular weight excluding hydrogens is 532 g/mol. The second-order valence-electron chi connectivity index (χ2n) is 9.00. The Balaban J connectivity index is 1.62. The predicted octanol–water partition coefficient (Wildman–Crippen LogP) is 0.686. The number of carbonyl (C=O) groups excluding carboxylic acids is 2. The highest BCUT2D eigenvalue weighted by Crippen LogP contribution is 2.35. The van der Waals surface area contributed by atoms with E-state index in [4.69, 9.17) is 5.73 Å². The van der Waals surface area contributed by atoms with Gasteiger partial charge in [0.05, 0.1) is 24.0 Å². The molecule has 0 aliphatic carbocycles. The number of aliphatic hydroxyl groups is 2. The topological polar surface area (TPSA) is 178 Å². The molecule has 0 radical (unpaired) electrons. The van der Waals surface area contributed by atoms with Crippen molar-refractivity contribution in [2.45, 2.75) is 44.1 Å². The van der Waals surface area contributed by atoms with Crippen molar-refractivity contribution in [2.24, 2.45) is 5.73 Å². The summed E-state index contributed by atoms with van der Waals surface area (Å²) in [4.78, 5) is 31.5. The van der Waals surface area contributed by atoms with Crippen LogP contribution in [0.4, 0.5) is 10.8 Å². The van der Waals surface area contributed by atoms with E-state index in [0.717, 1.165) is 33.1 Å². The van der Waals surface area contributed by atoms with E-state index in [-0.39, 0.29) is 5.13 Å². The van der Waals surface area contributed by atoms with Crippen LogP contribution in [0.1, 0.15) is 43.1 Å². The van der Waals surface area contributed by atoms with Crippen LogP contribution in [0.5, 0.6) is 0 Å². The zero-order valence-electron chi connectivity index (χ0n) is 21.4. The standard InChI is InChI=1S/C24H34N6O6S2/c1-15(16-7-9-17(10-8-16)26-12-5-11-25)27-22(33)20(31)21(32)23(34)30-13-4-6-19(30)18-14-37-24(28-18)29(2)38(3,35)36/h5,7-10,12,14-15,19-21,26,31-32H,4,6,11,13,25H2,1-3H3,(H,27,33)/b12-5-/t15-,19-,20-,21-/m1/s1. The Morgan fingerprint density at radius 1 is 1.29 bits per heavy atom. The number of amides is 2. The zero-order valence-corrected chi connectivity index (χ0v) is 23.1. The van der Waals surface area contributed by atoms with Crippen LogP contribution in [0.25, 0.3) is 0 Å². The summed E-state index contributed by atoms with van der Waals surface area (Å²) in [7, 11) is -2.10. The number of thiazole rings is 1. The number of aromatic nitrogens is 1. The SMILES string of the molecule is C[C@@H](NC(=O)[C@H](O)[C@@H](O)C(=O)N1CCC[C@@H]1c1csc(N(C)S(C)(=O)=O)n1)c1ccc(N/C=C\CN)cc1. The fourth-order valence-electron chi connectivity index (χ4n) is 3.98. The van der Waals surface area contributed by atoms with E-state index in [0.29, 0.717) is 31.6 Å². The summed E-state index contributed by atoms with van der Waals surface area (Å²) in [6, 6.07) is 6.24. The van der Waals surface area contributed by atoms with Gasteiger partial charge in [0, 0.05) is 31.2 Å². The third kappa shape index (κ3) is 7.08. The lowest BCUT2D eigenvalue weighted by molar-refractivity contribution is -0.154. The van der Waals surface area contributed by atoms with E-state index in [1.807, 2.05) is 12.1 Å². The number of likely N-dealkylation sites (tertiary alicyclic amines) is 1. The third-order valence-corrected chi connectivity index (χ3v) is 8.47. The normalized spacial score (nSPS) is 18.3. The Hall–Kier alpha value is -3.04. The molecule has 14 heteroatoms. The first-order chi connectivity index (χ1) is 17.9. The van der Waals surface area contributed by atoms with Crippen molar-refractivity contribution in [3.05, 3.63) is 53.2 Å². The maximum atomic E-state index is 13.1. The quantitative estimate of drug-likeness (QED) is 0.262. The van der Waals surface area contributed by atoms with E-state index in [2.05, 4.69) is 15.6 Å². The Kier molecular flexibility index (Phi) is 9.84. The number of anilines is 2. The highest BCUT2D eigenvalue weighted by Gasteiger charge is 2.39. The summed E-state index contributed by atoms with van der Waals surface area (Å²) in [6.07, 6.45) is 1.79. The van der Waals surface area contributed by atoms with Crippen LogP contribution < -0.4 is 20.7 Å². The minimum atomic E-state index is -3.49. The van der Waals surface area contributed by atoms with Gasteiger partial charge in [-0.15, -0.1) is 11.3 Å². The molecule has 38 heavy (non-hydrogen) atoms. The number of carbonyl (C=O) groups is 2. The maximum absolute atomic E-state index is 13.1. The van der Waals surface area contributed by atoms with Crippen LogP contribution >= 0.6 is 11.3 Å². The molecule has 208 valence electrons. The summed E-state index contributed by atoms with van der Waals surface area (Å²) in [6.45, 7) is 2.44. The maximum Gasteiger partial charge on any atom is 0.255 e. The lowest BCUT2D eigenvalue weighted by atomic mass is 10.1. The minimum absolute atomic E-state index is 0.256. The molecule has 1 fully saturated rings. The molecule has 12 nitrogen and oxygen atoms in total. The van der Waals surface area contributed by atoms with Crippen molar-refractivity contribution in [1.29, 1.82) is 0 Å². The number of aliphatic hydroxyl groups excluding tert-OH is 2. The van der Waals surface area contributed by atoms with Gasteiger partial charge in [-0.25, -0.2) is 17.7 Å². The Labute approximate surface area is 226 Å². The van der Waals surface area contributed by atoms with E-state index in [9.17, 15) is 28.2 Å². The van der Waals surface area contributed by atoms with Gasteiger partial charge in [-0.3, -0.25) is 9.59 Å². The summed E-state index contributed by atoms with van der Waals surface area (Å²) < 4.78 is 24.7. The molecule has 6 N–H and O–H groups in total. The molecular formula is C24H34N6O6S2. The molecule has 3 rings (SSSR count). The lowest BCUT2D eigenvalue weighted by Gasteiger charge is -2.28. The van der Waals surface area contributed by atoms with Gasteiger partial charge in [0.15, 0.2) is 17.3 Å². The van der Waals surface area contributed by atoms with Crippen molar-refractivity contribution in [3.8, 4) is 0 Å².